The van der Waals surface area contributed by atoms with Crippen LogP contribution in [0.1, 0.15) is 21.5 Å². The number of nitrogens with one attached hydrogen (secondary N) is 1. The number of nitrogens with zero attached hydrogens (tertiary/aromatic N) is 2. The number of ether oxygens (including phenoxy) is 4. The lowest BCUT2D eigenvalue weighted by Gasteiger charge is -2.23. The van der Waals surface area contributed by atoms with E-state index in [0.29, 0.717) is 30.4 Å². The van der Waals surface area contributed by atoms with Crippen molar-refractivity contribution in [1.82, 2.24) is 10.2 Å². The number of aliphatic imine (C=N–C) groups is 1. The summed E-state index contributed by atoms with van der Waals surface area (Å²) in [7, 11) is 9.77. The zero-order valence-corrected chi connectivity index (χ0v) is 21.1. The summed E-state index contributed by atoms with van der Waals surface area (Å²) in [5, 5.41) is 3.30. The number of methoxy groups -OCH3 is 4. The summed E-state index contributed by atoms with van der Waals surface area (Å²) in [6, 6.07) is 11.1. The zero-order chi connectivity index (χ0) is 22.1. The van der Waals surface area contributed by atoms with Crippen molar-refractivity contribution in [3.05, 3.63) is 53.1 Å². The van der Waals surface area contributed by atoms with Gasteiger partial charge in [0.2, 0.25) is 0 Å². The van der Waals surface area contributed by atoms with Gasteiger partial charge in [0.25, 0.3) is 0 Å². The molecule has 2 aromatic rings. The molecule has 0 radical (unpaired) electrons. The van der Waals surface area contributed by atoms with E-state index in [0.717, 1.165) is 22.6 Å². The summed E-state index contributed by atoms with van der Waals surface area (Å²) in [5.74, 6) is 2.21. The molecule has 0 saturated carbocycles. The standard InChI is InChI=1S/C22H29N3O5.HI/c1-23-22(25(2)14-16-8-9-17(27-3)12-20(16)29-5)24-13-15-7-10-19(28-4)18(11-15)21(26)30-6;/h7-12H,13-14H2,1-6H3,(H,23,24);1H. The fourth-order valence-electron chi connectivity index (χ4n) is 3.01. The first-order valence-electron chi connectivity index (χ1n) is 9.35. The van der Waals surface area contributed by atoms with Crippen LogP contribution in [0.5, 0.6) is 17.2 Å². The third kappa shape index (κ3) is 6.91. The van der Waals surface area contributed by atoms with Crippen molar-refractivity contribution < 1.29 is 23.7 Å². The van der Waals surface area contributed by atoms with Crippen LogP contribution in [0.4, 0.5) is 0 Å². The number of hydrogen-bond donors (Lipinski definition) is 1. The molecule has 170 valence electrons. The van der Waals surface area contributed by atoms with Gasteiger partial charge in [-0.15, -0.1) is 24.0 Å². The van der Waals surface area contributed by atoms with Gasteiger partial charge in [-0.3, -0.25) is 4.99 Å². The van der Waals surface area contributed by atoms with Gasteiger partial charge in [-0.2, -0.15) is 0 Å². The molecule has 2 rings (SSSR count). The second kappa shape index (κ2) is 12.9. The number of guanidine groups is 1. The van der Waals surface area contributed by atoms with Crippen molar-refractivity contribution in [2.24, 2.45) is 4.99 Å². The lowest BCUT2D eigenvalue weighted by Crippen LogP contribution is -2.38. The molecular formula is C22H30IN3O5. The summed E-state index contributed by atoms with van der Waals surface area (Å²) in [4.78, 5) is 18.3. The molecule has 0 amide bonds. The number of carbonyl (C=O) groups is 1. The molecule has 0 saturated heterocycles. The van der Waals surface area contributed by atoms with Crippen LogP contribution in [0.2, 0.25) is 0 Å². The van der Waals surface area contributed by atoms with Gasteiger partial charge in [0, 0.05) is 38.8 Å². The lowest BCUT2D eigenvalue weighted by atomic mass is 10.1. The molecule has 2 aromatic carbocycles. The third-order valence-electron chi connectivity index (χ3n) is 4.59. The van der Waals surface area contributed by atoms with E-state index in [1.165, 1.54) is 14.2 Å². The van der Waals surface area contributed by atoms with E-state index in [1.807, 2.05) is 36.2 Å². The van der Waals surface area contributed by atoms with Crippen LogP contribution in [0.15, 0.2) is 41.4 Å². The van der Waals surface area contributed by atoms with E-state index in [-0.39, 0.29) is 24.0 Å². The minimum atomic E-state index is -0.443. The van der Waals surface area contributed by atoms with Gasteiger partial charge in [-0.05, 0) is 29.8 Å². The Morgan fingerprint density at radius 3 is 2.29 bits per heavy atom. The van der Waals surface area contributed by atoms with E-state index in [4.69, 9.17) is 18.9 Å². The molecule has 1 N–H and O–H groups in total. The van der Waals surface area contributed by atoms with Crippen LogP contribution in [-0.2, 0) is 17.8 Å². The van der Waals surface area contributed by atoms with Gasteiger partial charge in [-0.25, -0.2) is 4.79 Å². The van der Waals surface area contributed by atoms with Gasteiger partial charge >= 0.3 is 5.97 Å². The molecule has 0 aromatic heterocycles. The van der Waals surface area contributed by atoms with Gasteiger partial charge < -0.3 is 29.2 Å². The monoisotopic (exact) mass is 543 g/mol. The molecule has 0 aliphatic carbocycles. The van der Waals surface area contributed by atoms with Crippen LogP contribution in [-0.4, -0.2) is 59.4 Å². The third-order valence-corrected chi connectivity index (χ3v) is 4.59. The number of rotatable bonds is 8. The Morgan fingerprint density at radius 2 is 1.71 bits per heavy atom. The summed E-state index contributed by atoms with van der Waals surface area (Å²) < 4.78 is 20.8. The number of esters is 1. The van der Waals surface area contributed by atoms with Crippen molar-refractivity contribution in [3.63, 3.8) is 0 Å². The highest BCUT2D eigenvalue weighted by Gasteiger charge is 2.15. The normalized spacial score (nSPS) is 10.6. The zero-order valence-electron chi connectivity index (χ0n) is 18.7. The summed E-state index contributed by atoms with van der Waals surface area (Å²) in [6.45, 7) is 1.06. The van der Waals surface area contributed by atoms with E-state index < -0.39 is 5.97 Å². The minimum Gasteiger partial charge on any atom is -0.497 e. The second-order valence-electron chi connectivity index (χ2n) is 6.46. The molecule has 0 unspecified atom stereocenters. The van der Waals surface area contributed by atoms with Crippen LogP contribution in [0.25, 0.3) is 0 Å². The lowest BCUT2D eigenvalue weighted by molar-refractivity contribution is 0.0597. The highest BCUT2D eigenvalue weighted by molar-refractivity contribution is 14.0. The molecule has 9 heteroatoms. The van der Waals surface area contributed by atoms with Crippen molar-refractivity contribution in [2.75, 3.05) is 42.5 Å². The number of benzene rings is 2. The highest BCUT2D eigenvalue weighted by atomic mass is 127. The largest absolute Gasteiger partial charge is 0.497 e. The first-order valence-corrected chi connectivity index (χ1v) is 9.35. The number of carbonyl (C=O) groups excluding carboxylic acids is 1. The Labute approximate surface area is 200 Å². The van der Waals surface area contributed by atoms with Gasteiger partial charge in [0.05, 0.1) is 28.4 Å². The Hall–Kier alpha value is -2.69. The van der Waals surface area contributed by atoms with Crippen molar-refractivity contribution >= 4 is 35.9 Å². The molecule has 0 heterocycles. The molecule has 31 heavy (non-hydrogen) atoms. The Bertz CT molecular complexity index is 905. The van der Waals surface area contributed by atoms with Gasteiger partial charge in [-0.1, -0.05) is 6.07 Å². The van der Waals surface area contributed by atoms with Crippen molar-refractivity contribution in [2.45, 2.75) is 13.1 Å². The average Bonchev–Trinajstić information content (AvgIpc) is 2.78. The average molecular weight is 543 g/mol. The molecule has 0 fully saturated rings. The van der Waals surface area contributed by atoms with Crippen LogP contribution >= 0.6 is 24.0 Å². The number of hydrogen-bond acceptors (Lipinski definition) is 6. The Kier molecular flexibility index (Phi) is 10.9. The summed E-state index contributed by atoms with van der Waals surface area (Å²) in [6.07, 6.45) is 0. The Balaban J connectivity index is 0.00000480. The molecule has 0 spiro atoms. The van der Waals surface area contributed by atoms with Gasteiger partial charge in [0.1, 0.15) is 22.8 Å². The summed E-state index contributed by atoms with van der Waals surface area (Å²) >= 11 is 0. The van der Waals surface area contributed by atoms with Crippen LogP contribution < -0.4 is 19.5 Å². The maximum atomic E-state index is 12.0. The smallest absolute Gasteiger partial charge is 0.341 e. The van der Waals surface area contributed by atoms with E-state index >= 15 is 0 Å². The molecule has 0 bridgehead atoms. The van der Waals surface area contributed by atoms with Crippen molar-refractivity contribution in [1.29, 1.82) is 0 Å². The van der Waals surface area contributed by atoms with E-state index in [1.54, 1.807) is 33.4 Å². The topological polar surface area (TPSA) is 81.6 Å². The first kappa shape index (κ1) is 26.3. The van der Waals surface area contributed by atoms with Gasteiger partial charge in [0.15, 0.2) is 5.96 Å². The van der Waals surface area contributed by atoms with E-state index in [2.05, 4.69) is 10.3 Å². The SMILES string of the molecule is CN=C(NCc1ccc(OC)c(C(=O)OC)c1)N(C)Cc1ccc(OC)cc1OC.I. The Morgan fingerprint density at radius 1 is 1.00 bits per heavy atom. The van der Waals surface area contributed by atoms with Crippen LogP contribution in [0, 0.1) is 0 Å². The number of halogens is 1. The van der Waals surface area contributed by atoms with Crippen molar-refractivity contribution in [3.8, 4) is 17.2 Å². The van der Waals surface area contributed by atoms with Crippen LogP contribution in [0.3, 0.4) is 0 Å². The fourth-order valence-corrected chi connectivity index (χ4v) is 3.01. The fraction of sp³-hybridized carbons (Fsp3) is 0.364. The first-order chi connectivity index (χ1) is 14.5. The summed E-state index contributed by atoms with van der Waals surface area (Å²) in [5.41, 5.74) is 2.28. The maximum Gasteiger partial charge on any atom is 0.341 e. The quantitative estimate of drug-likeness (QED) is 0.237. The molecular weight excluding hydrogens is 513 g/mol. The molecule has 0 aliphatic heterocycles. The highest BCUT2D eigenvalue weighted by Crippen LogP contribution is 2.25. The molecule has 8 nitrogen and oxygen atoms in total. The predicted octanol–water partition coefficient (Wildman–Crippen LogP) is 3.32. The molecule has 0 aliphatic rings. The predicted molar refractivity (Wildman–Crippen MR) is 131 cm³/mol. The minimum absolute atomic E-state index is 0. The van der Waals surface area contributed by atoms with E-state index in [9.17, 15) is 4.79 Å². The second-order valence-corrected chi connectivity index (χ2v) is 6.46. The maximum absolute atomic E-state index is 12.0. The molecule has 0 atom stereocenters.